The van der Waals surface area contributed by atoms with E-state index < -0.39 is 5.97 Å². The molecule has 3 aromatic rings. The molecular formula is C17H14BrClN2O2. The number of hydrogen-bond donors (Lipinski definition) is 0. The Kier molecular flexibility index (Phi) is 5.20. The van der Waals surface area contributed by atoms with Crippen LogP contribution in [0.2, 0.25) is 5.02 Å². The van der Waals surface area contributed by atoms with E-state index in [2.05, 4.69) is 4.98 Å². The maximum Gasteiger partial charge on any atom is 0.363 e. The van der Waals surface area contributed by atoms with Gasteiger partial charge in [-0.1, -0.05) is 17.7 Å². The molecule has 0 aliphatic carbocycles. The van der Waals surface area contributed by atoms with Crippen molar-refractivity contribution in [3.05, 3.63) is 65.6 Å². The Bertz CT molecular complexity index is 891. The van der Waals surface area contributed by atoms with Gasteiger partial charge in [-0.25, -0.2) is 9.78 Å². The lowest BCUT2D eigenvalue weighted by Crippen LogP contribution is -3.00. The number of rotatable bonds is 3. The van der Waals surface area contributed by atoms with Crippen LogP contribution in [0.5, 0.6) is 0 Å². The van der Waals surface area contributed by atoms with Crippen molar-refractivity contribution >= 4 is 28.5 Å². The normalized spacial score (nSPS) is 10.8. The summed E-state index contributed by atoms with van der Waals surface area (Å²) in [5, 5.41) is 1.09. The van der Waals surface area contributed by atoms with Crippen molar-refractivity contribution in [2.45, 2.75) is 6.92 Å². The number of nitrogens with zero attached hydrogens (tertiary/aromatic N) is 2. The summed E-state index contributed by atoms with van der Waals surface area (Å²) in [5.74, 6) is -0.552. The van der Waals surface area contributed by atoms with E-state index >= 15 is 0 Å². The molecule has 2 aromatic heterocycles. The minimum Gasteiger partial charge on any atom is -1.00 e. The second-order valence-electron chi connectivity index (χ2n) is 4.60. The molecule has 0 aliphatic rings. The first-order valence-corrected chi connectivity index (χ1v) is 7.23. The summed E-state index contributed by atoms with van der Waals surface area (Å²) in [6, 6.07) is 10.7. The van der Waals surface area contributed by atoms with E-state index in [1.54, 1.807) is 42.1 Å². The number of halogens is 2. The van der Waals surface area contributed by atoms with Gasteiger partial charge in [0.25, 0.3) is 0 Å². The summed E-state index contributed by atoms with van der Waals surface area (Å²) in [6.07, 6.45) is 3.52. The van der Waals surface area contributed by atoms with E-state index in [1.807, 2.05) is 18.2 Å². The van der Waals surface area contributed by atoms with Crippen LogP contribution in [0.25, 0.3) is 16.6 Å². The number of esters is 1. The molecule has 6 heteroatoms. The Hall–Kier alpha value is -1.98. The summed E-state index contributed by atoms with van der Waals surface area (Å²) < 4.78 is 15.3. The van der Waals surface area contributed by atoms with Crippen LogP contribution < -0.4 is 21.5 Å². The summed E-state index contributed by atoms with van der Waals surface area (Å²) in [4.78, 5) is 16.7. The van der Waals surface area contributed by atoms with Gasteiger partial charge in [-0.15, -0.1) is 0 Å². The molecule has 0 N–H and O–H groups in total. The van der Waals surface area contributed by atoms with Crippen LogP contribution in [-0.2, 0) is 4.74 Å². The quantitative estimate of drug-likeness (QED) is 0.475. The van der Waals surface area contributed by atoms with Gasteiger partial charge in [0.05, 0.1) is 13.5 Å². The summed E-state index contributed by atoms with van der Waals surface area (Å²) in [7, 11) is 0. The third kappa shape index (κ3) is 3.68. The second-order valence-corrected chi connectivity index (χ2v) is 5.04. The molecule has 1 aromatic carbocycles. The van der Waals surface area contributed by atoms with Crippen LogP contribution in [0.1, 0.15) is 18.8 Å². The molecule has 0 amide bonds. The monoisotopic (exact) mass is 393 g/mol. The van der Waals surface area contributed by atoms with Crippen molar-refractivity contribution in [3.63, 3.8) is 0 Å². The van der Waals surface area contributed by atoms with Crippen molar-refractivity contribution in [1.29, 1.82) is 0 Å². The Morgan fingerprint density at radius 2 is 2.09 bits per heavy atom. The zero-order valence-corrected chi connectivity index (χ0v) is 14.6. The van der Waals surface area contributed by atoms with Crippen LogP contribution in [-0.4, -0.2) is 17.6 Å². The predicted molar refractivity (Wildman–Crippen MR) is 84.2 cm³/mol. The van der Waals surface area contributed by atoms with Crippen LogP contribution >= 0.6 is 11.6 Å². The van der Waals surface area contributed by atoms with Crippen molar-refractivity contribution < 1.29 is 32.5 Å². The largest absolute Gasteiger partial charge is 1.00 e. The molecule has 0 saturated carbocycles. The van der Waals surface area contributed by atoms with Crippen molar-refractivity contribution in [2.75, 3.05) is 6.61 Å². The molecule has 23 heavy (non-hydrogen) atoms. The van der Waals surface area contributed by atoms with Gasteiger partial charge in [-0.05, 0) is 25.1 Å². The van der Waals surface area contributed by atoms with Gasteiger partial charge < -0.3 is 21.7 Å². The lowest BCUT2D eigenvalue weighted by Gasteiger charge is -2.06. The van der Waals surface area contributed by atoms with Gasteiger partial charge in [0.2, 0.25) is 11.4 Å². The first-order valence-electron chi connectivity index (χ1n) is 7.35. The second kappa shape index (κ2) is 7.53. The summed E-state index contributed by atoms with van der Waals surface area (Å²) in [6.45, 7) is 1.97. The molecule has 0 radical (unpaired) electrons. The Labute approximate surface area is 150 Å². The first kappa shape index (κ1) is 15.9. The van der Waals surface area contributed by atoms with Gasteiger partial charge in [-0.2, -0.15) is 4.57 Å². The number of hydrogen-bond acceptors (Lipinski definition) is 3. The van der Waals surface area contributed by atoms with E-state index in [0.29, 0.717) is 21.6 Å². The van der Waals surface area contributed by atoms with Gasteiger partial charge in [-0.3, -0.25) is 0 Å². The highest BCUT2D eigenvalue weighted by Gasteiger charge is 2.22. The van der Waals surface area contributed by atoms with E-state index in [9.17, 15) is 4.79 Å². The van der Waals surface area contributed by atoms with E-state index in [0.717, 1.165) is 0 Å². The van der Waals surface area contributed by atoms with E-state index in [-0.39, 0.29) is 35.3 Å². The average Bonchev–Trinajstić information content (AvgIpc) is 2.56. The molecular weight excluding hydrogens is 380 g/mol. The molecule has 4 nitrogen and oxygen atoms in total. The zero-order valence-electron chi connectivity index (χ0n) is 13.3. The number of benzene rings is 1. The Balaban J connectivity index is 0.00000208. The predicted octanol–water partition coefficient (Wildman–Crippen LogP) is 0.346. The van der Waals surface area contributed by atoms with Crippen LogP contribution in [0.15, 0.2) is 54.8 Å². The molecule has 0 atom stereocenters. The average molecular weight is 395 g/mol. The first-order chi connectivity index (χ1) is 11.1. The number of pyridine rings is 2. The van der Waals surface area contributed by atoms with Crippen LogP contribution in [0, 0.1) is 0 Å². The highest BCUT2D eigenvalue weighted by molar-refractivity contribution is 6.31. The summed E-state index contributed by atoms with van der Waals surface area (Å²) >= 11 is 6.03. The minimum absolute atomic E-state index is 0. The Morgan fingerprint density at radius 1 is 1.35 bits per heavy atom. The number of carbonyl (C=O) groups is 1. The van der Waals surface area contributed by atoms with Gasteiger partial charge in [0.1, 0.15) is 0 Å². The SMILES string of the molecule is [2H]c1c(-[n+]2ccccc2)c(C(=O)OCC)nc2ccc(Cl)cc12.[Br-]. The third-order valence-corrected chi connectivity index (χ3v) is 3.35. The van der Waals surface area contributed by atoms with Gasteiger partial charge in [0.15, 0.2) is 12.4 Å². The van der Waals surface area contributed by atoms with Gasteiger partial charge in [0, 0.05) is 28.6 Å². The number of aromatic nitrogens is 2. The molecule has 3 rings (SSSR count). The maximum atomic E-state index is 12.3. The molecule has 0 spiro atoms. The number of carbonyl (C=O) groups excluding carboxylic acids is 1. The van der Waals surface area contributed by atoms with Crippen LogP contribution in [0.3, 0.4) is 0 Å². The van der Waals surface area contributed by atoms with Crippen molar-refractivity contribution in [2.24, 2.45) is 0 Å². The van der Waals surface area contributed by atoms with Crippen LogP contribution in [0.4, 0.5) is 0 Å². The fraction of sp³-hybridized carbons (Fsp3) is 0.118. The molecule has 0 saturated heterocycles. The molecule has 0 unspecified atom stereocenters. The molecule has 0 aliphatic heterocycles. The smallest absolute Gasteiger partial charge is 0.363 e. The topological polar surface area (TPSA) is 43.1 Å². The standard InChI is InChI=1S/C17H14ClN2O2.BrH/c1-2-22-17(21)16-15(20-8-4-3-5-9-20)11-12-10-13(18)6-7-14(12)19-16;/h3-11H,2H2,1H3;1H/q+1;/p-1/i11D;. The molecule has 2 heterocycles. The zero-order chi connectivity index (χ0) is 16.4. The van der Waals surface area contributed by atoms with E-state index in [4.69, 9.17) is 17.7 Å². The van der Waals surface area contributed by atoms with Gasteiger partial charge >= 0.3 is 5.97 Å². The number of ether oxygens (including phenoxy) is 1. The fourth-order valence-electron chi connectivity index (χ4n) is 2.14. The number of fused-ring (bicyclic) bond motifs is 1. The lowest BCUT2D eigenvalue weighted by atomic mass is 10.1. The van der Waals surface area contributed by atoms with Crippen molar-refractivity contribution in [1.82, 2.24) is 4.98 Å². The summed E-state index contributed by atoms with van der Waals surface area (Å²) in [5.41, 5.74) is 1.02. The van der Waals surface area contributed by atoms with E-state index in [1.165, 1.54) is 0 Å². The molecule has 118 valence electrons. The maximum absolute atomic E-state index is 12.3. The Morgan fingerprint density at radius 3 is 2.78 bits per heavy atom. The highest BCUT2D eigenvalue weighted by Crippen LogP contribution is 2.21. The third-order valence-electron chi connectivity index (χ3n) is 3.11. The molecule has 0 fully saturated rings. The lowest BCUT2D eigenvalue weighted by molar-refractivity contribution is -0.596. The highest BCUT2D eigenvalue weighted by atomic mass is 79.9. The van der Waals surface area contributed by atoms with Crippen molar-refractivity contribution in [3.8, 4) is 5.69 Å². The fourth-order valence-corrected chi connectivity index (χ4v) is 2.31. The minimum atomic E-state index is -0.552. The molecule has 0 bridgehead atoms.